The van der Waals surface area contributed by atoms with Gasteiger partial charge in [0.2, 0.25) is 5.69 Å². The predicted molar refractivity (Wildman–Crippen MR) is 151 cm³/mol. The van der Waals surface area contributed by atoms with Crippen LogP contribution >= 0.6 is 0 Å². The van der Waals surface area contributed by atoms with Crippen molar-refractivity contribution >= 4 is 21.9 Å². The van der Waals surface area contributed by atoms with Crippen molar-refractivity contribution in [3.05, 3.63) is 88.6 Å². The van der Waals surface area contributed by atoms with Gasteiger partial charge in [0.25, 0.3) is 0 Å². The average molecular weight is 480 g/mol. The van der Waals surface area contributed by atoms with Gasteiger partial charge in [-0.3, -0.25) is 0 Å². The van der Waals surface area contributed by atoms with Crippen LogP contribution in [0.15, 0.2) is 65.2 Å². The lowest BCUT2D eigenvalue weighted by Crippen LogP contribution is -2.32. The lowest BCUT2D eigenvalue weighted by molar-refractivity contribution is -0.660. The zero-order valence-corrected chi connectivity index (χ0v) is 22.1. The van der Waals surface area contributed by atoms with Gasteiger partial charge in [0.05, 0.1) is 5.56 Å². The Bertz CT molecular complexity index is 1890. The predicted octanol–water partition coefficient (Wildman–Crippen LogP) is 8.59. The number of hydrogen-bond donors (Lipinski definition) is 0. The maximum atomic E-state index is 9.03. The van der Waals surface area contributed by atoms with E-state index in [1.807, 2.05) is 14.0 Å². The van der Waals surface area contributed by atoms with Gasteiger partial charge in [-0.05, 0) is 71.1 Å². The fourth-order valence-electron chi connectivity index (χ4n) is 5.86. The molecule has 2 aromatic heterocycles. The number of furan rings is 1. The monoisotopic (exact) mass is 479 g/mol. The number of hydrogen-bond acceptors (Lipinski definition) is 1. The molecule has 2 heteroatoms. The third-order valence-corrected chi connectivity index (χ3v) is 7.59. The second-order valence-corrected chi connectivity index (χ2v) is 11.8. The van der Waals surface area contributed by atoms with Crippen molar-refractivity contribution < 1.29 is 15.8 Å². The van der Waals surface area contributed by atoms with Gasteiger partial charge in [0.15, 0.2) is 6.20 Å². The first-order chi connectivity index (χ1) is 18.9. The van der Waals surface area contributed by atoms with Gasteiger partial charge >= 0.3 is 0 Å². The number of aromatic nitrogens is 1. The minimum absolute atomic E-state index is 0.0235. The third kappa shape index (κ3) is 3.34. The van der Waals surface area contributed by atoms with Gasteiger partial charge in [-0.25, -0.2) is 4.57 Å². The van der Waals surface area contributed by atoms with E-state index in [0.717, 1.165) is 27.5 Å². The average Bonchev–Trinajstić information content (AvgIpc) is 3.34. The maximum Gasteiger partial charge on any atom is 0.216 e. The number of benzene rings is 3. The summed E-state index contributed by atoms with van der Waals surface area (Å²) in [5.41, 5.74) is 8.26. The number of fused-ring (bicyclic) bond motifs is 6. The van der Waals surface area contributed by atoms with E-state index in [-0.39, 0.29) is 16.5 Å². The fraction of sp³-hybridized carbons (Fsp3) is 0.324. The molecule has 182 valence electrons. The second-order valence-electron chi connectivity index (χ2n) is 11.8. The Morgan fingerprint density at radius 1 is 0.944 bits per heavy atom. The lowest BCUT2D eigenvalue weighted by atomic mass is 9.82. The van der Waals surface area contributed by atoms with Crippen LogP contribution < -0.4 is 4.57 Å². The minimum atomic E-state index is -2.46. The van der Waals surface area contributed by atoms with E-state index in [4.69, 9.17) is 11.3 Å². The van der Waals surface area contributed by atoms with E-state index in [1.54, 1.807) is 37.6 Å². The molecule has 2 nitrogen and oxygen atoms in total. The Morgan fingerprint density at radius 2 is 1.72 bits per heavy atom. The fourth-order valence-corrected chi connectivity index (χ4v) is 5.86. The molecular formula is C34H36NO+. The first-order valence-corrected chi connectivity index (χ1v) is 12.6. The second kappa shape index (κ2) is 7.56. The largest absolute Gasteiger partial charge is 0.455 e. The van der Waals surface area contributed by atoms with Crippen LogP contribution in [0.1, 0.15) is 69.3 Å². The summed E-state index contributed by atoms with van der Waals surface area (Å²) in [5.74, 6) is 0. The summed E-state index contributed by atoms with van der Waals surface area (Å²) in [7, 11) is 1.82. The molecule has 0 N–H and O–H groups in total. The molecule has 36 heavy (non-hydrogen) atoms. The quantitative estimate of drug-likeness (QED) is 0.232. The summed E-state index contributed by atoms with van der Waals surface area (Å²) in [6.07, 6.45) is -0.328. The Morgan fingerprint density at radius 3 is 2.47 bits per heavy atom. The molecule has 0 bridgehead atoms. The van der Waals surface area contributed by atoms with Gasteiger partial charge < -0.3 is 4.42 Å². The molecule has 0 fully saturated rings. The van der Waals surface area contributed by atoms with E-state index in [9.17, 15) is 0 Å². The molecule has 2 heterocycles. The van der Waals surface area contributed by atoms with Crippen molar-refractivity contribution in [2.24, 2.45) is 12.5 Å². The molecule has 0 spiro atoms. The number of aryl methyl sites for hydroxylation is 3. The zero-order chi connectivity index (χ0) is 29.9. The highest BCUT2D eigenvalue weighted by molar-refractivity contribution is 6.11. The highest BCUT2D eigenvalue weighted by Crippen LogP contribution is 2.51. The standard InChI is InChI=1S/C34H36NO/c1-20-13-14-24-26-16-28-25(23-11-9-10-12-27(23)34(28,6)7)17-30(26)36-32(24)31(20)29-15-22(18-33(3,4)5)21(2)19-35(29)8/h9-17,19H,18H2,1-8H3/q+1/i2D3,18D2. The van der Waals surface area contributed by atoms with Crippen LogP contribution in [-0.2, 0) is 18.8 Å². The van der Waals surface area contributed by atoms with E-state index >= 15 is 0 Å². The van der Waals surface area contributed by atoms with Crippen molar-refractivity contribution in [2.75, 3.05) is 0 Å². The van der Waals surface area contributed by atoms with Gasteiger partial charge in [-0.1, -0.05) is 71.0 Å². The molecule has 0 unspecified atom stereocenters. The summed E-state index contributed by atoms with van der Waals surface area (Å²) >= 11 is 0. The highest BCUT2D eigenvalue weighted by Gasteiger charge is 2.36. The SMILES string of the molecule is [2H]C([2H])([2H])c1c[n+](C)c(-c2c(C)ccc3c2oc2cc4c(cc23)C(C)(C)c2ccccc2-4)cc1C([2H])([2H])C(C)(C)C. The topological polar surface area (TPSA) is 17.0 Å². The Kier molecular flexibility index (Phi) is 3.77. The van der Waals surface area contributed by atoms with E-state index < -0.39 is 18.6 Å². The summed E-state index contributed by atoms with van der Waals surface area (Å²) in [4.78, 5) is 0. The summed E-state index contributed by atoms with van der Waals surface area (Å²) in [5, 5.41) is 2.02. The molecular weight excluding hydrogens is 438 g/mol. The number of pyridine rings is 1. The number of rotatable bonds is 2. The molecule has 3 aromatic carbocycles. The molecule has 0 atom stereocenters. The van der Waals surface area contributed by atoms with Gasteiger partial charge in [0.1, 0.15) is 18.2 Å². The van der Waals surface area contributed by atoms with Crippen LogP contribution in [0.5, 0.6) is 0 Å². The van der Waals surface area contributed by atoms with Crippen molar-refractivity contribution in [2.45, 2.75) is 60.2 Å². The molecule has 0 aliphatic heterocycles. The first-order valence-electron chi connectivity index (χ1n) is 15.1. The van der Waals surface area contributed by atoms with E-state index in [1.165, 1.54) is 22.3 Å². The van der Waals surface area contributed by atoms with Crippen LogP contribution in [0, 0.1) is 19.2 Å². The van der Waals surface area contributed by atoms with Crippen LogP contribution in [0.25, 0.3) is 44.3 Å². The van der Waals surface area contributed by atoms with Crippen molar-refractivity contribution in [1.82, 2.24) is 0 Å². The molecule has 0 saturated carbocycles. The van der Waals surface area contributed by atoms with Crippen molar-refractivity contribution in [3.63, 3.8) is 0 Å². The molecule has 5 aromatic rings. The van der Waals surface area contributed by atoms with Crippen molar-refractivity contribution in [1.29, 1.82) is 0 Å². The third-order valence-electron chi connectivity index (χ3n) is 7.59. The molecule has 0 amide bonds. The molecule has 0 saturated heterocycles. The van der Waals surface area contributed by atoms with E-state index in [0.29, 0.717) is 11.3 Å². The Hall–Kier alpha value is -3.39. The molecule has 6 rings (SSSR count). The number of nitrogens with zero attached hydrogens (tertiary/aromatic N) is 1. The summed E-state index contributed by atoms with van der Waals surface area (Å²) in [6, 6.07) is 18.8. The van der Waals surface area contributed by atoms with E-state index in [2.05, 4.69) is 62.4 Å². The Balaban J connectivity index is 1.66. The van der Waals surface area contributed by atoms with Crippen LogP contribution in [0.2, 0.25) is 0 Å². The van der Waals surface area contributed by atoms with Crippen LogP contribution in [-0.4, -0.2) is 0 Å². The minimum Gasteiger partial charge on any atom is -0.455 e. The van der Waals surface area contributed by atoms with Crippen molar-refractivity contribution in [3.8, 4) is 22.4 Å². The highest BCUT2D eigenvalue weighted by atomic mass is 16.3. The molecule has 1 aliphatic rings. The summed E-state index contributed by atoms with van der Waals surface area (Å²) < 4.78 is 51.1. The van der Waals surface area contributed by atoms with Gasteiger partial charge in [-0.2, -0.15) is 0 Å². The Labute approximate surface area is 221 Å². The first kappa shape index (κ1) is 17.9. The lowest BCUT2D eigenvalue weighted by Gasteiger charge is -2.21. The van der Waals surface area contributed by atoms with Gasteiger partial charge in [-0.15, -0.1) is 0 Å². The molecule has 1 aliphatic carbocycles. The van der Waals surface area contributed by atoms with Gasteiger partial charge in [0, 0.05) is 34.7 Å². The molecule has 0 radical (unpaired) electrons. The van der Waals surface area contributed by atoms with Crippen LogP contribution in [0.3, 0.4) is 0 Å². The maximum absolute atomic E-state index is 9.03. The summed E-state index contributed by atoms with van der Waals surface area (Å²) in [6.45, 7) is 9.47. The smallest absolute Gasteiger partial charge is 0.216 e. The zero-order valence-electron chi connectivity index (χ0n) is 27.1. The normalized spacial score (nSPS) is 17.2. The van der Waals surface area contributed by atoms with Crippen LogP contribution in [0.4, 0.5) is 0 Å².